The molecule has 0 bridgehead atoms. The van der Waals surface area contributed by atoms with Crippen molar-refractivity contribution < 1.29 is 0 Å². The Kier molecular flexibility index (Phi) is 8.94. The third kappa shape index (κ3) is 6.42. The molecule has 0 atom stereocenters. The highest BCUT2D eigenvalue weighted by atomic mass is 127. The summed E-state index contributed by atoms with van der Waals surface area (Å²) in [6.07, 6.45) is 3.61. The van der Waals surface area contributed by atoms with Crippen molar-refractivity contribution in [1.82, 2.24) is 15.6 Å². The maximum Gasteiger partial charge on any atom is 0.191 e. The molecule has 0 amide bonds. The molecule has 5 nitrogen and oxygen atoms in total. The zero-order valence-electron chi connectivity index (χ0n) is 11.7. The van der Waals surface area contributed by atoms with E-state index in [1.54, 1.807) is 13.1 Å². The van der Waals surface area contributed by atoms with Gasteiger partial charge >= 0.3 is 0 Å². The van der Waals surface area contributed by atoms with E-state index in [1.807, 2.05) is 37.3 Å². The van der Waals surface area contributed by atoms with Crippen molar-refractivity contribution in [3.8, 4) is 0 Å². The quantitative estimate of drug-likeness (QED) is 0.356. The average Bonchev–Trinajstić information content (AvgIpc) is 2.39. The fourth-order valence-electron chi connectivity index (χ4n) is 1.39. The number of aromatic nitrogens is 1. The second-order valence-corrected chi connectivity index (χ2v) is 4.01. The molecule has 0 aromatic carbocycles. The van der Waals surface area contributed by atoms with E-state index in [-0.39, 0.29) is 24.0 Å². The van der Waals surface area contributed by atoms with Crippen molar-refractivity contribution in [2.75, 3.05) is 32.6 Å². The first kappa shape index (κ1) is 17.7. The summed E-state index contributed by atoms with van der Waals surface area (Å²) < 4.78 is 0. The molecular weight excluding hydrogens is 353 g/mol. The lowest BCUT2D eigenvalue weighted by molar-refractivity contribution is 0.844. The molecule has 1 heterocycles. The van der Waals surface area contributed by atoms with E-state index in [2.05, 4.69) is 27.2 Å². The van der Waals surface area contributed by atoms with Crippen molar-refractivity contribution >= 4 is 35.8 Å². The van der Waals surface area contributed by atoms with Gasteiger partial charge in [-0.2, -0.15) is 0 Å². The molecule has 0 saturated carbocycles. The lowest BCUT2D eigenvalue weighted by Gasteiger charge is -2.13. The molecule has 6 heteroatoms. The van der Waals surface area contributed by atoms with Gasteiger partial charge in [0.2, 0.25) is 0 Å². The first-order valence-corrected chi connectivity index (χ1v) is 5.85. The first-order valence-electron chi connectivity index (χ1n) is 5.85. The Morgan fingerprint density at radius 2 is 2.21 bits per heavy atom. The molecule has 1 rings (SSSR count). The maximum absolute atomic E-state index is 4.27. The topological polar surface area (TPSA) is 52.6 Å². The van der Waals surface area contributed by atoms with Crippen LogP contribution in [0.3, 0.4) is 0 Å². The first-order chi connectivity index (χ1) is 8.67. The van der Waals surface area contributed by atoms with Gasteiger partial charge in [0.1, 0.15) is 5.82 Å². The fraction of sp³-hybridized carbons (Fsp3) is 0.385. The summed E-state index contributed by atoms with van der Waals surface area (Å²) in [5.74, 6) is 1.71. The smallest absolute Gasteiger partial charge is 0.191 e. The predicted molar refractivity (Wildman–Crippen MR) is 92.4 cm³/mol. The molecule has 0 aliphatic rings. The van der Waals surface area contributed by atoms with Crippen LogP contribution in [-0.2, 0) is 6.54 Å². The van der Waals surface area contributed by atoms with Crippen molar-refractivity contribution in [3.63, 3.8) is 0 Å². The minimum Gasteiger partial charge on any atom is -0.363 e. The van der Waals surface area contributed by atoms with E-state index in [1.165, 1.54) is 0 Å². The summed E-state index contributed by atoms with van der Waals surface area (Å²) in [4.78, 5) is 10.4. The van der Waals surface area contributed by atoms with Gasteiger partial charge in [-0.15, -0.1) is 30.6 Å². The SMILES string of the molecule is C=CCNC(=NC)NCc1ccnc(N(C)C)c1.I. The van der Waals surface area contributed by atoms with E-state index < -0.39 is 0 Å². The average molecular weight is 375 g/mol. The van der Waals surface area contributed by atoms with Crippen molar-refractivity contribution in [1.29, 1.82) is 0 Å². The van der Waals surface area contributed by atoms with E-state index in [0.717, 1.165) is 17.3 Å². The second-order valence-electron chi connectivity index (χ2n) is 4.01. The highest BCUT2D eigenvalue weighted by Gasteiger charge is 2.00. The Morgan fingerprint density at radius 1 is 1.47 bits per heavy atom. The molecular formula is C13H22IN5. The minimum atomic E-state index is 0. The lowest BCUT2D eigenvalue weighted by atomic mass is 10.2. The van der Waals surface area contributed by atoms with Crippen molar-refractivity contribution in [3.05, 3.63) is 36.5 Å². The zero-order chi connectivity index (χ0) is 13.4. The minimum absolute atomic E-state index is 0. The van der Waals surface area contributed by atoms with Gasteiger partial charge in [0.25, 0.3) is 0 Å². The van der Waals surface area contributed by atoms with Crippen LogP contribution >= 0.6 is 24.0 Å². The number of anilines is 1. The summed E-state index contributed by atoms with van der Waals surface area (Å²) in [5.41, 5.74) is 1.16. The molecule has 0 unspecified atom stereocenters. The van der Waals surface area contributed by atoms with Crippen LogP contribution in [-0.4, -0.2) is 38.6 Å². The number of rotatable bonds is 5. The summed E-state index contributed by atoms with van der Waals surface area (Å²) in [5, 5.41) is 6.35. The van der Waals surface area contributed by atoms with Crippen LogP contribution in [0.15, 0.2) is 36.0 Å². The summed E-state index contributed by atoms with van der Waals surface area (Å²) in [7, 11) is 5.70. The third-order valence-electron chi connectivity index (χ3n) is 2.37. The van der Waals surface area contributed by atoms with Gasteiger partial charge in [0.15, 0.2) is 5.96 Å². The van der Waals surface area contributed by atoms with Crippen LogP contribution in [0, 0.1) is 0 Å². The Hall–Kier alpha value is -1.31. The molecule has 0 fully saturated rings. The molecule has 0 saturated heterocycles. The predicted octanol–water partition coefficient (Wildman–Crippen LogP) is 1.62. The highest BCUT2D eigenvalue weighted by molar-refractivity contribution is 14.0. The number of hydrogen-bond donors (Lipinski definition) is 2. The highest BCUT2D eigenvalue weighted by Crippen LogP contribution is 2.08. The molecule has 19 heavy (non-hydrogen) atoms. The number of halogens is 1. The molecule has 106 valence electrons. The standard InChI is InChI=1S/C13H21N5.HI/c1-5-7-16-13(14-2)17-10-11-6-8-15-12(9-11)18(3)4;/h5-6,8-9H,1,7,10H2,2-4H3,(H2,14,16,17);1H. The largest absolute Gasteiger partial charge is 0.363 e. The van der Waals surface area contributed by atoms with Gasteiger partial charge in [-0.25, -0.2) is 4.98 Å². The van der Waals surface area contributed by atoms with E-state index in [4.69, 9.17) is 0 Å². The van der Waals surface area contributed by atoms with Gasteiger partial charge in [0.05, 0.1) is 0 Å². The zero-order valence-corrected chi connectivity index (χ0v) is 14.0. The summed E-state index contributed by atoms with van der Waals surface area (Å²) >= 11 is 0. The summed E-state index contributed by atoms with van der Waals surface area (Å²) in [6, 6.07) is 4.04. The van der Waals surface area contributed by atoms with Gasteiger partial charge in [-0.05, 0) is 17.7 Å². The van der Waals surface area contributed by atoms with Crippen LogP contribution in [0.4, 0.5) is 5.82 Å². The number of nitrogens with zero attached hydrogens (tertiary/aromatic N) is 3. The number of guanidine groups is 1. The molecule has 0 spiro atoms. The van der Waals surface area contributed by atoms with Gasteiger partial charge < -0.3 is 15.5 Å². The fourth-order valence-corrected chi connectivity index (χ4v) is 1.39. The van der Waals surface area contributed by atoms with Crippen LogP contribution in [0.1, 0.15) is 5.56 Å². The molecule has 0 aliphatic heterocycles. The number of pyridine rings is 1. The molecule has 0 aliphatic carbocycles. The lowest BCUT2D eigenvalue weighted by Crippen LogP contribution is -2.36. The van der Waals surface area contributed by atoms with E-state index in [9.17, 15) is 0 Å². The van der Waals surface area contributed by atoms with Crippen LogP contribution in [0.25, 0.3) is 0 Å². The van der Waals surface area contributed by atoms with E-state index >= 15 is 0 Å². The van der Waals surface area contributed by atoms with Gasteiger partial charge in [0, 0.05) is 40.4 Å². The van der Waals surface area contributed by atoms with Crippen LogP contribution in [0.5, 0.6) is 0 Å². The Bertz CT molecular complexity index is 417. The van der Waals surface area contributed by atoms with Crippen LogP contribution in [0.2, 0.25) is 0 Å². The molecule has 1 aromatic heterocycles. The number of aliphatic imine (C=N–C) groups is 1. The molecule has 2 N–H and O–H groups in total. The van der Waals surface area contributed by atoms with Crippen molar-refractivity contribution in [2.24, 2.45) is 4.99 Å². The number of nitrogens with one attached hydrogen (secondary N) is 2. The maximum atomic E-state index is 4.27. The van der Waals surface area contributed by atoms with Gasteiger partial charge in [-0.1, -0.05) is 6.08 Å². The Balaban J connectivity index is 0.00000324. The number of hydrogen-bond acceptors (Lipinski definition) is 3. The molecule has 0 radical (unpaired) electrons. The molecule has 1 aromatic rings. The monoisotopic (exact) mass is 375 g/mol. The third-order valence-corrected chi connectivity index (χ3v) is 2.37. The van der Waals surface area contributed by atoms with Crippen LogP contribution < -0.4 is 15.5 Å². The second kappa shape index (κ2) is 9.60. The normalized spacial score (nSPS) is 10.4. The van der Waals surface area contributed by atoms with Crippen molar-refractivity contribution in [2.45, 2.75) is 6.54 Å². The van der Waals surface area contributed by atoms with E-state index in [0.29, 0.717) is 13.1 Å². The summed E-state index contributed by atoms with van der Waals surface area (Å²) in [6.45, 7) is 5.06. The Morgan fingerprint density at radius 3 is 2.79 bits per heavy atom. The van der Waals surface area contributed by atoms with Gasteiger partial charge in [-0.3, -0.25) is 4.99 Å². The Labute approximate surface area is 132 Å².